The lowest BCUT2D eigenvalue weighted by Crippen LogP contribution is -2.38. The standard InChI is InChI=1S/C16H16N2O4/c19-16(20)14(10-12-6-2-1-3-7-12)17-11-13-8-4-5-9-15(13)18(21)22/h1-9,14,17H,10-11H2,(H,19,20). The Labute approximate surface area is 127 Å². The Morgan fingerprint density at radius 3 is 2.41 bits per heavy atom. The third-order valence-corrected chi connectivity index (χ3v) is 3.31. The molecule has 2 N–H and O–H groups in total. The van der Waals surface area contributed by atoms with Gasteiger partial charge in [0.1, 0.15) is 6.04 Å². The van der Waals surface area contributed by atoms with Crippen LogP contribution >= 0.6 is 0 Å². The molecule has 0 amide bonds. The summed E-state index contributed by atoms with van der Waals surface area (Å²) in [5.74, 6) is -0.984. The second-order valence-corrected chi connectivity index (χ2v) is 4.85. The van der Waals surface area contributed by atoms with E-state index in [-0.39, 0.29) is 12.2 Å². The summed E-state index contributed by atoms with van der Waals surface area (Å²) in [5.41, 5.74) is 1.34. The smallest absolute Gasteiger partial charge is 0.321 e. The number of hydrogen-bond acceptors (Lipinski definition) is 4. The molecule has 0 aliphatic rings. The Balaban J connectivity index is 2.07. The number of aliphatic carboxylic acids is 1. The van der Waals surface area contributed by atoms with Gasteiger partial charge >= 0.3 is 5.97 Å². The van der Waals surface area contributed by atoms with Crippen LogP contribution in [-0.2, 0) is 17.8 Å². The van der Waals surface area contributed by atoms with Crippen LogP contribution in [-0.4, -0.2) is 22.0 Å². The van der Waals surface area contributed by atoms with Crippen LogP contribution in [0, 0.1) is 10.1 Å². The summed E-state index contributed by atoms with van der Waals surface area (Å²) >= 11 is 0. The maximum absolute atomic E-state index is 11.3. The fourth-order valence-corrected chi connectivity index (χ4v) is 2.17. The highest BCUT2D eigenvalue weighted by Crippen LogP contribution is 2.17. The number of hydrogen-bond donors (Lipinski definition) is 2. The first kappa shape index (κ1) is 15.7. The van der Waals surface area contributed by atoms with Crippen LogP contribution in [0.2, 0.25) is 0 Å². The van der Waals surface area contributed by atoms with Crippen molar-refractivity contribution in [2.75, 3.05) is 0 Å². The van der Waals surface area contributed by atoms with Crippen molar-refractivity contribution in [3.05, 3.63) is 75.8 Å². The Morgan fingerprint density at radius 2 is 1.77 bits per heavy atom. The van der Waals surface area contributed by atoms with Gasteiger partial charge in [0.05, 0.1) is 4.92 Å². The van der Waals surface area contributed by atoms with Gasteiger partial charge in [-0.3, -0.25) is 20.2 Å². The fourth-order valence-electron chi connectivity index (χ4n) is 2.17. The Hall–Kier alpha value is -2.73. The number of nitrogens with one attached hydrogen (secondary N) is 1. The van der Waals surface area contributed by atoms with E-state index in [1.54, 1.807) is 18.2 Å². The van der Waals surface area contributed by atoms with E-state index in [4.69, 9.17) is 0 Å². The van der Waals surface area contributed by atoms with Crippen molar-refractivity contribution >= 4 is 11.7 Å². The number of rotatable bonds is 7. The topological polar surface area (TPSA) is 92.5 Å². The second-order valence-electron chi connectivity index (χ2n) is 4.85. The maximum Gasteiger partial charge on any atom is 0.321 e. The second kappa shape index (κ2) is 7.33. The molecule has 0 saturated carbocycles. The Morgan fingerprint density at radius 1 is 1.14 bits per heavy atom. The molecule has 0 heterocycles. The van der Waals surface area contributed by atoms with Crippen LogP contribution < -0.4 is 5.32 Å². The van der Waals surface area contributed by atoms with Crippen molar-refractivity contribution in [1.82, 2.24) is 5.32 Å². The van der Waals surface area contributed by atoms with Gasteiger partial charge in [0.15, 0.2) is 0 Å². The van der Waals surface area contributed by atoms with Crippen LogP contribution in [0.25, 0.3) is 0 Å². The van der Waals surface area contributed by atoms with Crippen molar-refractivity contribution in [3.8, 4) is 0 Å². The molecular weight excluding hydrogens is 284 g/mol. The first-order valence-electron chi connectivity index (χ1n) is 6.80. The van der Waals surface area contributed by atoms with Gasteiger partial charge < -0.3 is 5.11 Å². The number of nitrogens with zero attached hydrogens (tertiary/aromatic N) is 1. The molecule has 0 fully saturated rings. The van der Waals surface area contributed by atoms with E-state index in [1.807, 2.05) is 30.3 Å². The minimum Gasteiger partial charge on any atom is -0.480 e. The third-order valence-electron chi connectivity index (χ3n) is 3.31. The first-order chi connectivity index (χ1) is 10.6. The monoisotopic (exact) mass is 300 g/mol. The van der Waals surface area contributed by atoms with Crippen molar-refractivity contribution in [1.29, 1.82) is 0 Å². The fraction of sp³-hybridized carbons (Fsp3) is 0.188. The number of carboxylic acids is 1. The highest BCUT2D eigenvalue weighted by atomic mass is 16.6. The lowest BCUT2D eigenvalue weighted by molar-refractivity contribution is -0.385. The zero-order valence-electron chi connectivity index (χ0n) is 11.8. The SMILES string of the molecule is O=C(O)C(Cc1ccccc1)NCc1ccccc1[N+](=O)[O-]. The first-order valence-corrected chi connectivity index (χ1v) is 6.80. The van der Waals surface area contributed by atoms with E-state index in [0.29, 0.717) is 12.0 Å². The molecule has 0 saturated heterocycles. The summed E-state index contributed by atoms with van der Waals surface area (Å²) < 4.78 is 0. The summed E-state index contributed by atoms with van der Waals surface area (Å²) in [6, 6.07) is 14.7. The minimum absolute atomic E-state index is 0.0150. The third kappa shape index (κ3) is 4.13. The molecule has 0 aliphatic heterocycles. The number of carbonyl (C=O) groups is 1. The summed E-state index contributed by atoms with van der Waals surface area (Å²) in [4.78, 5) is 21.8. The number of nitro groups is 1. The van der Waals surface area contributed by atoms with Crippen molar-refractivity contribution in [3.63, 3.8) is 0 Å². The molecule has 0 aromatic heterocycles. The molecule has 1 unspecified atom stereocenters. The van der Waals surface area contributed by atoms with Gasteiger partial charge in [-0.05, 0) is 12.0 Å². The predicted octanol–water partition coefficient (Wildman–Crippen LogP) is 2.38. The zero-order chi connectivity index (χ0) is 15.9. The van der Waals surface area contributed by atoms with Crippen molar-refractivity contribution in [2.24, 2.45) is 0 Å². The van der Waals surface area contributed by atoms with Gasteiger partial charge in [0, 0.05) is 18.2 Å². The molecule has 6 nitrogen and oxygen atoms in total. The van der Waals surface area contributed by atoms with E-state index < -0.39 is 16.9 Å². The van der Waals surface area contributed by atoms with Crippen LogP contribution in [0.3, 0.4) is 0 Å². The normalized spacial score (nSPS) is 11.8. The van der Waals surface area contributed by atoms with E-state index in [1.165, 1.54) is 6.07 Å². The quantitative estimate of drug-likeness (QED) is 0.605. The lowest BCUT2D eigenvalue weighted by Gasteiger charge is -2.14. The Kier molecular flexibility index (Phi) is 5.21. The van der Waals surface area contributed by atoms with Gasteiger partial charge in [-0.15, -0.1) is 0 Å². The average molecular weight is 300 g/mol. The van der Waals surface area contributed by atoms with Gasteiger partial charge in [-0.25, -0.2) is 0 Å². The molecule has 6 heteroatoms. The molecule has 2 aromatic rings. The van der Waals surface area contributed by atoms with E-state index in [0.717, 1.165) is 5.56 Å². The number of benzene rings is 2. The minimum atomic E-state index is -0.984. The molecule has 1 atom stereocenters. The largest absolute Gasteiger partial charge is 0.480 e. The molecular formula is C16H16N2O4. The molecule has 0 aliphatic carbocycles. The van der Waals surface area contributed by atoms with Crippen LogP contribution in [0.5, 0.6) is 0 Å². The number of para-hydroxylation sites is 1. The number of nitro benzene ring substituents is 1. The molecule has 2 aromatic carbocycles. The predicted molar refractivity (Wildman–Crippen MR) is 81.5 cm³/mol. The highest BCUT2D eigenvalue weighted by Gasteiger charge is 2.19. The van der Waals surface area contributed by atoms with Gasteiger partial charge in [-0.2, -0.15) is 0 Å². The van der Waals surface area contributed by atoms with Crippen molar-refractivity contribution in [2.45, 2.75) is 19.0 Å². The summed E-state index contributed by atoms with van der Waals surface area (Å²) in [7, 11) is 0. The molecule has 22 heavy (non-hydrogen) atoms. The van der Waals surface area contributed by atoms with Crippen molar-refractivity contribution < 1.29 is 14.8 Å². The average Bonchev–Trinajstić information content (AvgIpc) is 2.52. The maximum atomic E-state index is 11.3. The number of carboxylic acid groups (broad SMARTS) is 1. The molecule has 0 bridgehead atoms. The van der Waals surface area contributed by atoms with E-state index in [9.17, 15) is 20.0 Å². The van der Waals surface area contributed by atoms with Gasteiger partial charge in [-0.1, -0.05) is 48.5 Å². The zero-order valence-corrected chi connectivity index (χ0v) is 11.8. The van der Waals surface area contributed by atoms with Gasteiger partial charge in [0.25, 0.3) is 5.69 Å². The molecule has 0 radical (unpaired) electrons. The molecule has 2 rings (SSSR count). The van der Waals surface area contributed by atoms with Gasteiger partial charge in [0.2, 0.25) is 0 Å². The summed E-state index contributed by atoms with van der Waals surface area (Å²) in [6.45, 7) is 0.126. The van der Waals surface area contributed by atoms with E-state index in [2.05, 4.69) is 5.32 Å². The molecule has 0 spiro atoms. The van der Waals surface area contributed by atoms with Crippen LogP contribution in [0.1, 0.15) is 11.1 Å². The van der Waals surface area contributed by atoms with Crippen LogP contribution in [0.15, 0.2) is 54.6 Å². The Bertz CT molecular complexity index is 658. The highest BCUT2D eigenvalue weighted by molar-refractivity contribution is 5.74. The summed E-state index contributed by atoms with van der Waals surface area (Å²) in [5, 5.41) is 23.1. The lowest BCUT2D eigenvalue weighted by atomic mass is 10.1. The van der Waals surface area contributed by atoms with E-state index >= 15 is 0 Å². The summed E-state index contributed by atoms with van der Waals surface area (Å²) in [6.07, 6.45) is 0.316. The van der Waals surface area contributed by atoms with Crippen LogP contribution in [0.4, 0.5) is 5.69 Å². The molecule has 114 valence electrons.